The summed E-state index contributed by atoms with van der Waals surface area (Å²) in [5, 5.41) is 0.913. The molecular formula is C11H12Cl2N2O. The molecule has 2 fully saturated rings. The lowest BCUT2D eigenvalue weighted by atomic mass is 9.88. The summed E-state index contributed by atoms with van der Waals surface area (Å²) in [4.78, 5) is 8.65. The fourth-order valence-corrected chi connectivity index (χ4v) is 2.95. The van der Waals surface area contributed by atoms with E-state index in [0.717, 1.165) is 30.7 Å². The molecule has 1 aromatic heterocycles. The maximum absolute atomic E-state index is 6.02. The van der Waals surface area contributed by atoms with E-state index in [2.05, 4.69) is 9.97 Å². The Morgan fingerprint density at radius 1 is 1.19 bits per heavy atom. The van der Waals surface area contributed by atoms with Crippen molar-refractivity contribution < 1.29 is 4.74 Å². The average molecular weight is 259 g/mol. The Morgan fingerprint density at radius 2 is 1.88 bits per heavy atom. The van der Waals surface area contributed by atoms with Gasteiger partial charge in [0.1, 0.15) is 16.1 Å². The number of hydrogen-bond donors (Lipinski definition) is 0. The third kappa shape index (κ3) is 1.62. The van der Waals surface area contributed by atoms with Crippen molar-refractivity contribution in [1.29, 1.82) is 0 Å². The van der Waals surface area contributed by atoms with Crippen LogP contribution in [0.3, 0.4) is 0 Å². The van der Waals surface area contributed by atoms with Crippen LogP contribution in [0.4, 0.5) is 0 Å². The smallest absolute Gasteiger partial charge is 0.137 e. The van der Waals surface area contributed by atoms with Crippen molar-refractivity contribution in [1.82, 2.24) is 9.97 Å². The average Bonchev–Trinajstić information content (AvgIpc) is 2.86. The summed E-state index contributed by atoms with van der Waals surface area (Å²) < 4.78 is 5.78. The van der Waals surface area contributed by atoms with Gasteiger partial charge in [0.05, 0.1) is 12.2 Å². The quantitative estimate of drug-likeness (QED) is 0.727. The van der Waals surface area contributed by atoms with Crippen LogP contribution in [-0.2, 0) is 4.74 Å². The van der Waals surface area contributed by atoms with Gasteiger partial charge in [-0.05, 0) is 26.2 Å². The summed E-state index contributed by atoms with van der Waals surface area (Å²) in [6.45, 7) is 1.83. The van der Waals surface area contributed by atoms with Crippen LogP contribution >= 0.6 is 23.2 Å². The Kier molecular flexibility index (Phi) is 2.57. The van der Waals surface area contributed by atoms with E-state index in [0.29, 0.717) is 16.4 Å². The Balaban J connectivity index is 1.95. The number of halogens is 2. The minimum atomic E-state index is 0.264. The lowest BCUT2D eigenvalue weighted by molar-refractivity contribution is 0.0998. The third-order valence-electron chi connectivity index (χ3n) is 3.48. The van der Waals surface area contributed by atoms with E-state index in [9.17, 15) is 0 Å². The second kappa shape index (κ2) is 3.83. The molecule has 2 aliphatic rings. The van der Waals surface area contributed by atoms with E-state index < -0.39 is 0 Å². The highest BCUT2D eigenvalue weighted by molar-refractivity contribution is 6.34. The van der Waals surface area contributed by atoms with Crippen LogP contribution in [0.25, 0.3) is 0 Å². The van der Waals surface area contributed by atoms with E-state index in [4.69, 9.17) is 27.9 Å². The number of fused-ring (bicyclic) bond motifs is 2. The second-order valence-corrected chi connectivity index (χ2v) is 5.22. The van der Waals surface area contributed by atoms with Crippen LogP contribution < -0.4 is 0 Å². The zero-order valence-electron chi connectivity index (χ0n) is 8.91. The van der Waals surface area contributed by atoms with Crippen molar-refractivity contribution in [3.63, 3.8) is 0 Å². The van der Waals surface area contributed by atoms with Crippen LogP contribution in [-0.4, -0.2) is 22.2 Å². The Bertz CT molecular complexity index is 415. The fourth-order valence-electron chi connectivity index (χ4n) is 2.55. The molecule has 5 heteroatoms. The van der Waals surface area contributed by atoms with Crippen molar-refractivity contribution >= 4 is 23.2 Å². The first kappa shape index (κ1) is 10.8. The molecule has 3 atom stereocenters. The first-order valence-corrected chi connectivity index (χ1v) is 6.25. The van der Waals surface area contributed by atoms with Gasteiger partial charge in [-0.25, -0.2) is 9.97 Å². The molecule has 2 saturated heterocycles. The summed E-state index contributed by atoms with van der Waals surface area (Å²) >= 11 is 12.0. The van der Waals surface area contributed by atoms with Gasteiger partial charge in [-0.3, -0.25) is 0 Å². The molecular weight excluding hydrogens is 247 g/mol. The van der Waals surface area contributed by atoms with E-state index >= 15 is 0 Å². The highest BCUT2D eigenvalue weighted by Crippen LogP contribution is 2.43. The maximum atomic E-state index is 6.02. The Labute approximate surface area is 104 Å². The minimum absolute atomic E-state index is 0.264. The molecule has 0 spiro atoms. The largest absolute Gasteiger partial charge is 0.374 e. The summed E-state index contributed by atoms with van der Waals surface area (Å²) in [5.41, 5.74) is 0.746. The summed E-state index contributed by atoms with van der Waals surface area (Å²) in [7, 11) is 0. The predicted octanol–water partition coefficient (Wildman–Crippen LogP) is 3.13. The molecule has 0 saturated carbocycles. The third-order valence-corrected chi connectivity index (χ3v) is 4.22. The highest BCUT2D eigenvalue weighted by atomic mass is 35.5. The normalized spacial score (nSPS) is 32.3. The zero-order valence-corrected chi connectivity index (χ0v) is 10.4. The van der Waals surface area contributed by atoms with Crippen molar-refractivity contribution in [3.05, 3.63) is 21.7 Å². The van der Waals surface area contributed by atoms with Crippen molar-refractivity contribution in [2.45, 2.75) is 44.3 Å². The zero-order chi connectivity index (χ0) is 11.3. The molecule has 0 amide bonds. The van der Waals surface area contributed by atoms with Crippen molar-refractivity contribution in [2.75, 3.05) is 0 Å². The Morgan fingerprint density at radius 3 is 2.38 bits per heavy atom. The topological polar surface area (TPSA) is 35.0 Å². The molecule has 0 aromatic carbocycles. The van der Waals surface area contributed by atoms with Gasteiger partial charge in [0.15, 0.2) is 0 Å². The predicted molar refractivity (Wildman–Crippen MR) is 62.0 cm³/mol. The summed E-state index contributed by atoms with van der Waals surface area (Å²) in [6, 6.07) is 0. The second-order valence-electron chi connectivity index (χ2n) is 4.50. The lowest BCUT2D eigenvalue weighted by Crippen LogP contribution is -2.17. The standard InChI is InChI=1S/C11H12Cl2N2O/c1-5-9(12)14-11(15-10(5)13)7-4-6-2-3-8(7)16-6/h6-8H,2-4H2,1H3. The molecule has 2 aliphatic heterocycles. The molecule has 0 aliphatic carbocycles. The van der Waals surface area contributed by atoms with E-state index in [1.54, 1.807) is 0 Å². The molecule has 3 rings (SSSR count). The number of rotatable bonds is 1. The molecule has 1 aromatic rings. The molecule has 0 radical (unpaired) electrons. The molecule has 2 bridgehead atoms. The Hall–Kier alpha value is -0.380. The first-order valence-electron chi connectivity index (χ1n) is 5.50. The van der Waals surface area contributed by atoms with E-state index in [-0.39, 0.29) is 12.0 Å². The van der Waals surface area contributed by atoms with Crippen LogP contribution in [0.15, 0.2) is 0 Å². The van der Waals surface area contributed by atoms with Crippen LogP contribution in [0.2, 0.25) is 10.3 Å². The summed E-state index contributed by atoms with van der Waals surface area (Å²) in [6.07, 6.45) is 3.91. The highest BCUT2D eigenvalue weighted by Gasteiger charge is 2.43. The lowest BCUT2D eigenvalue weighted by Gasteiger charge is -2.17. The molecule has 3 unspecified atom stereocenters. The van der Waals surface area contributed by atoms with Gasteiger partial charge in [-0.1, -0.05) is 23.2 Å². The van der Waals surface area contributed by atoms with Gasteiger partial charge >= 0.3 is 0 Å². The minimum Gasteiger partial charge on any atom is -0.374 e. The molecule has 3 heterocycles. The van der Waals surface area contributed by atoms with Gasteiger partial charge in [0, 0.05) is 11.5 Å². The van der Waals surface area contributed by atoms with Crippen LogP contribution in [0, 0.1) is 6.92 Å². The van der Waals surface area contributed by atoms with Gasteiger partial charge in [0.2, 0.25) is 0 Å². The molecule has 16 heavy (non-hydrogen) atoms. The van der Waals surface area contributed by atoms with Gasteiger partial charge < -0.3 is 4.74 Å². The van der Waals surface area contributed by atoms with Crippen molar-refractivity contribution in [3.8, 4) is 0 Å². The molecule has 86 valence electrons. The van der Waals surface area contributed by atoms with Gasteiger partial charge in [-0.15, -0.1) is 0 Å². The van der Waals surface area contributed by atoms with E-state index in [1.165, 1.54) is 0 Å². The van der Waals surface area contributed by atoms with Gasteiger partial charge in [0.25, 0.3) is 0 Å². The number of hydrogen-bond acceptors (Lipinski definition) is 3. The van der Waals surface area contributed by atoms with Gasteiger partial charge in [-0.2, -0.15) is 0 Å². The van der Waals surface area contributed by atoms with E-state index in [1.807, 2.05) is 6.92 Å². The number of ether oxygens (including phenoxy) is 1. The van der Waals surface area contributed by atoms with Crippen LogP contribution in [0.1, 0.15) is 36.6 Å². The monoisotopic (exact) mass is 258 g/mol. The molecule has 3 nitrogen and oxygen atoms in total. The maximum Gasteiger partial charge on any atom is 0.137 e. The summed E-state index contributed by atoms with van der Waals surface area (Å²) in [5.74, 6) is 1.02. The fraction of sp³-hybridized carbons (Fsp3) is 0.636. The SMILES string of the molecule is Cc1c(Cl)nc(C2CC3CCC2O3)nc1Cl. The molecule has 0 N–H and O–H groups in total. The number of nitrogens with zero attached hydrogens (tertiary/aromatic N) is 2. The van der Waals surface area contributed by atoms with Crippen LogP contribution in [0.5, 0.6) is 0 Å². The first-order chi connectivity index (χ1) is 7.65. The number of aromatic nitrogens is 2. The van der Waals surface area contributed by atoms with Crippen molar-refractivity contribution in [2.24, 2.45) is 0 Å².